The van der Waals surface area contributed by atoms with Crippen LogP contribution in [-0.4, -0.2) is 9.97 Å². The summed E-state index contributed by atoms with van der Waals surface area (Å²) in [7, 11) is 8.58. The van der Waals surface area contributed by atoms with Crippen molar-refractivity contribution in [2.75, 3.05) is 0 Å². The number of pyridine rings is 6. The molecule has 10 aromatic carbocycles. The Kier molecular flexibility index (Phi) is 22.8. The van der Waals surface area contributed by atoms with E-state index in [1.807, 2.05) is 22.7 Å². The molecule has 0 spiro atoms. The van der Waals surface area contributed by atoms with Gasteiger partial charge >= 0.3 is 0 Å². The number of hydrogen-bond acceptors (Lipinski definition) is 6. The summed E-state index contributed by atoms with van der Waals surface area (Å²) in [5.41, 5.74) is 21.2. The number of aryl methyl sites for hydroxylation is 8. The highest BCUT2D eigenvalue weighted by Crippen LogP contribution is 2.46. The molecule has 0 amide bonds. The average molecular weight is 1620 g/mol. The lowest BCUT2D eigenvalue weighted by molar-refractivity contribution is -0.659. The van der Waals surface area contributed by atoms with Gasteiger partial charge in [0.15, 0.2) is 18.6 Å². The van der Waals surface area contributed by atoms with Gasteiger partial charge in [-0.05, 0) is 205 Å². The van der Waals surface area contributed by atoms with Crippen molar-refractivity contribution in [3.8, 4) is 45.0 Å². The molecule has 6 nitrogen and oxygen atoms in total. The van der Waals surface area contributed by atoms with Crippen molar-refractivity contribution < 1.29 is 21.0 Å². The molecule has 22 rings (SSSR count). The molecular formula is C108H110N6S4+4. The fraction of sp³-hybridized carbons (Fsp3) is 0.241. The third kappa shape index (κ3) is 15.5. The quantitative estimate of drug-likeness (QED) is 0.156. The number of benzene rings is 10. The molecular weight excluding hydrogens is 1510 g/mol. The minimum Gasteiger partial charge on any atom is -0.237 e. The van der Waals surface area contributed by atoms with Crippen LogP contribution in [0.15, 0.2) is 267 Å². The van der Waals surface area contributed by atoms with E-state index < -0.39 is 11.8 Å². The van der Waals surface area contributed by atoms with Crippen LogP contribution in [0.1, 0.15) is 149 Å². The highest BCUT2D eigenvalue weighted by atomic mass is 32.1. The van der Waals surface area contributed by atoms with Crippen molar-refractivity contribution in [2.45, 2.75) is 141 Å². The first-order valence-corrected chi connectivity index (χ1v) is 43.5. The Hall–Kier alpha value is -11.0. The second kappa shape index (κ2) is 33.8. The molecule has 0 N–H and O–H groups in total. The second-order valence-electron chi connectivity index (χ2n) is 32.6. The summed E-state index contributed by atoms with van der Waals surface area (Å²) in [5, 5.41) is 16.6. The summed E-state index contributed by atoms with van der Waals surface area (Å²) in [6.45, 7) is 13.4. The molecule has 20 aromatic rings. The molecule has 10 heterocycles. The van der Waals surface area contributed by atoms with Gasteiger partial charge in [0.1, 0.15) is 52.0 Å². The van der Waals surface area contributed by atoms with Crippen LogP contribution < -0.4 is 18.3 Å². The van der Waals surface area contributed by atoms with Crippen LogP contribution in [0, 0.1) is 33.1 Å². The molecule has 10 aromatic heterocycles. The van der Waals surface area contributed by atoms with Gasteiger partial charge < -0.3 is 0 Å². The van der Waals surface area contributed by atoms with Crippen molar-refractivity contribution in [2.24, 2.45) is 33.6 Å². The van der Waals surface area contributed by atoms with Crippen LogP contribution in [0.4, 0.5) is 0 Å². The predicted molar refractivity (Wildman–Crippen MR) is 516 cm³/mol. The van der Waals surface area contributed by atoms with E-state index in [9.17, 15) is 1.37 Å². The van der Waals surface area contributed by atoms with Gasteiger partial charge in [0, 0.05) is 102 Å². The Bertz CT molecular complexity index is 7290. The zero-order chi connectivity index (χ0) is 79.5. The Morgan fingerprint density at radius 3 is 1.23 bits per heavy atom. The molecule has 592 valence electrons. The lowest BCUT2D eigenvalue weighted by atomic mass is 9.71. The summed E-state index contributed by atoms with van der Waals surface area (Å²) < 4.78 is 35.2. The Balaban J connectivity index is 0.000000124. The summed E-state index contributed by atoms with van der Waals surface area (Å²) in [4.78, 5) is 12.3. The molecule has 2 fully saturated rings. The second-order valence-corrected chi connectivity index (χ2v) is 36.8. The fourth-order valence-electron chi connectivity index (χ4n) is 17.8. The Labute approximate surface area is 715 Å². The first kappa shape index (κ1) is 79.5. The van der Waals surface area contributed by atoms with Gasteiger partial charge in [0.25, 0.3) is 0 Å². The number of hydrogen-bond donors (Lipinski definition) is 0. The molecule has 0 aliphatic heterocycles. The van der Waals surface area contributed by atoms with Crippen molar-refractivity contribution >= 4 is 170 Å². The van der Waals surface area contributed by atoms with E-state index in [-0.39, 0.29) is 29.7 Å². The molecule has 0 radical (unpaired) electrons. The molecule has 0 saturated heterocycles. The monoisotopic (exact) mass is 1620 g/mol. The normalized spacial score (nSPS) is 14.4. The van der Waals surface area contributed by atoms with Crippen molar-refractivity contribution in [3.05, 3.63) is 301 Å². The van der Waals surface area contributed by atoms with E-state index in [1.54, 1.807) is 22.7 Å². The van der Waals surface area contributed by atoms with Crippen LogP contribution in [0.5, 0.6) is 0 Å². The van der Waals surface area contributed by atoms with Crippen molar-refractivity contribution in [1.82, 2.24) is 9.97 Å². The van der Waals surface area contributed by atoms with E-state index in [4.69, 9.17) is 11.3 Å². The first-order valence-electron chi connectivity index (χ1n) is 41.2. The topological polar surface area (TPSA) is 41.3 Å². The largest absolute Gasteiger partial charge is 0.237 e. The molecule has 2 aliphatic rings. The standard InChI is InChI=1S/C30H31N2S.C28H27N2S.2C23H18NS.4CH4/c1-19-7-5-6-8-23(19)27-17-24-25-15-22-10-9-21(20-11-13-30(2,3)14-12-20)16-26(22)31-29(25)33-28(24)18-32(27)4;1-18-8-6-7-11-22(18)26-16-23-24-14-21-13-12-20(19-9-4-3-5-10-19)15-25(21)29-28(24)31-27(23)17-30(26)2;1-15-7-3-6-10-18(15)20-11-12-21-23(24(20)2)19-13-16-8-4-5-9-17(16)14-22(19)25-21;1-15-7-3-5-9-17(15)21-13-20-19-12-11-16-8-4-6-10-18(16)23(19)25-22(20)14-24(21)2;;;;/h5-10,15-18,20H,11-14H2,1-4H3;6-8,11-17,19H,3-5,9-10H2,1-2H3;2*3-14H,1-2H3;4*1H4/q4*+1;;;;/i20D;19D;;;;;;. The van der Waals surface area contributed by atoms with Gasteiger partial charge in [-0.1, -0.05) is 221 Å². The minimum absolute atomic E-state index is 0. The number of aromatic nitrogens is 6. The predicted octanol–water partition coefficient (Wildman–Crippen LogP) is 30.1. The molecule has 118 heavy (non-hydrogen) atoms. The number of thiophene rings is 4. The number of nitrogens with zero attached hydrogens (tertiary/aromatic N) is 6. The Morgan fingerprint density at radius 2 is 0.737 bits per heavy atom. The molecule has 0 atom stereocenters. The third-order valence-corrected chi connectivity index (χ3v) is 28.9. The number of fused-ring (bicyclic) bond motifs is 17. The molecule has 0 unspecified atom stereocenters. The molecule has 2 aliphatic carbocycles. The van der Waals surface area contributed by atoms with Crippen molar-refractivity contribution in [1.29, 1.82) is 0 Å². The van der Waals surface area contributed by atoms with Gasteiger partial charge in [0.05, 0.1) is 21.1 Å². The van der Waals surface area contributed by atoms with E-state index in [2.05, 4.69) is 355 Å². The van der Waals surface area contributed by atoms with Gasteiger partial charge in [-0.15, -0.1) is 45.3 Å². The zero-order valence-corrected chi connectivity index (χ0v) is 69.8. The van der Waals surface area contributed by atoms with Crippen LogP contribution in [0.3, 0.4) is 0 Å². The summed E-state index contributed by atoms with van der Waals surface area (Å²) >= 11 is 7.29. The van der Waals surface area contributed by atoms with E-state index >= 15 is 0 Å². The highest BCUT2D eigenvalue weighted by Gasteiger charge is 2.29. The van der Waals surface area contributed by atoms with Crippen LogP contribution in [0.2, 0.25) is 0 Å². The lowest BCUT2D eigenvalue weighted by Gasteiger charge is -2.34. The summed E-state index contributed by atoms with van der Waals surface area (Å²) in [6.07, 6.45) is 16.3. The smallest absolute Gasteiger partial charge is 0.231 e. The SMILES string of the molecule is C.C.C.C.Cc1ccccc1-c1cc2c(c[n+]1C)sc1c3ccccc3ccc21.Cc1ccccc1-c1ccc2sc3cc4ccccc4cc3c2[n+]1C.[2H]C1(c2ccc3cc4c(nc3c2)sc2c[n+](C)c(-c3ccccc3C)cc24)CCC(C)(C)CC1.[2H]C1(c2ccc3cc4c(nc3c2)sc2c[n+](C)c(-c3ccccc3C)cc24)CCCCC1. The highest BCUT2D eigenvalue weighted by molar-refractivity contribution is 7.27. The molecule has 2 saturated carbocycles. The molecule has 10 heteroatoms. The van der Waals surface area contributed by atoms with Crippen LogP contribution >= 0.6 is 45.3 Å². The van der Waals surface area contributed by atoms with Gasteiger partial charge in [-0.25, -0.2) is 9.97 Å². The lowest BCUT2D eigenvalue weighted by Crippen LogP contribution is -2.31. The Morgan fingerprint density at radius 1 is 0.331 bits per heavy atom. The maximum Gasteiger partial charge on any atom is 0.231 e. The van der Waals surface area contributed by atoms with Gasteiger partial charge in [0.2, 0.25) is 28.3 Å². The maximum atomic E-state index is 9.18. The number of rotatable bonds is 6. The zero-order valence-electron chi connectivity index (χ0n) is 68.6. The minimum atomic E-state index is -0.489. The third-order valence-electron chi connectivity index (χ3n) is 24.5. The molecule has 0 bridgehead atoms. The summed E-state index contributed by atoms with van der Waals surface area (Å²) in [5.74, 6) is -0.934. The fourth-order valence-corrected chi connectivity index (χ4v) is 22.5. The first-order chi connectivity index (χ1) is 56.2. The van der Waals surface area contributed by atoms with Crippen LogP contribution in [-0.2, 0) is 28.2 Å². The average Bonchev–Trinajstić information content (AvgIpc) is 1.59. The van der Waals surface area contributed by atoms with Crippen molar-refractivity contribution in [3.63, 3.8) is 0 Å². The van der Waals surface area contributed by atoms with Gasteiger partial charge in [-0.3, -0.25) is 0 Å². The van der Waals surface area contributed by atoms with E-state index in [0.29, 0.717) is 5.41 Å². The van der Waals surface area contributed by atoms with E-state index in [0.717, 1.165) is 94.0 Å². The maximum absolute atomic E-state index is 9.18. The summed E-state index contributed by atoms with van der Waals surface area (Å²) in [6, 6.07) is 90.0. The van der Waals surface area contributed by atoms with Gasteiger partial charge in [-0.2, -0.15) is 18.3 Å². The van der Waals surface area contributed by atoms with E-state index in [1.165, 1.54) is 167 Å². The van der Waals surface area contributed by atoms with Crippen LogP contribution in [0.25, 0.3) is 169 Å².